The molecule has 0 saturated carbocycles. The van der Waals surface area contributed by atoms with Gasteiger partial charge < -0.3 is 36.3 Å². The van der Waals surface area contributed by atoms with E-state index < -0.39 is 53.9 Å². The van der Waals surface area contributed by atoms with Crippen molar-refractivity contribution in [3.8, 4) is 0 Å². The van der Waals surface area contributed by atoms with Crippen molar-refractivity contribution in [3.63, 3.8) is 0 Å². The minimum absolute atomic E-state index is 0. The topological polar surface area (TPSA) is 114 Å². The van der Waals surface area contributed by atoms with Crippen LogP contribution in [0.25, 0.3) is 0 Å². The van der Waals surface area contributed by atoms with Crippen LogP contribution in [0.3, 0.4) is 0 Å². The number of ether oxygens (including phenoxy) is 5. The Labute approximate surface area is 206 Å². The zero-order chi connectivity index (χ0) is 23.4. The van der Waals surface area contributed by atoms with Crippen LogP contribution in [-0.2, 0) is 77.9 Å². The maximum atomic E-state index is 11.3. The molecular formula is C19H32AuO9PS. The van der Waals surface area contributed by atoms with Crippen LogP contribution in [0, 0.1) is 0 Å². The zero-order valence-corrected chi connectivity index (χ0v) is 22.7. The van der Waals surface area contributed by atoms with Crippen molar-refractivity contribution >= 4 is 44.4 Å². The number of carbonyl (C=O) groups excluding carboxylic acids is 4. The van der Waals surface area contributed by atoms with Gasteiger partial charge in [0.2, 0.25) is 12.4 Å². The van der Waals surface area contributed by atoms with E-state index in [9.17, 15) is 19.2 Å². The van der Waals surface area contributed by atoms with Crippen LogP contribution >= 0.6 is 7.92 Å². The first-order valence-corrected chi connectivity index (χ1v) is 12.1. The maximum Gasteiger partial charge on any atom is 1.00 e. The van der Waals surface area contributed by atoms with Gasteiger partial charge in [-0.15, -0.1) is 7.92 Å². The first kappa shape index (κ1) is 32.5. The molecule has 0 aromatic rings. The van der Waals surface area contributed by atoms with Crippen molar-refractivity contribution in [3.05, 3.63) is 0 Å². The molecule has 0 aromatic carbocycles. The molecule has 0 bridgehead atoms. The van der Waals surface area contributed by atoms with Crippen LogP contribution in [0.4, 0.5) is 0 Å². The van der Waals surface area contributed by atoms with Gasteiger partial charge in [0, 0.05) is 27.7 Å². The van der Waals surface area contributed by atoms with Gasteiger partial charge in [-0.25, -0.2) is 0 Å². The molecule has 1 rings (SSSR count). The molecule has 1 heterocycles. The van der Waals surface area contributed by atoms with Crippen molar-refractivity contribution in [2.45, 2.75) is 78.5 Å². The molecule has 12 heteroatoms. The summed E-state index contributed by atoms with van der Waals surface area (Å²) in [6.45, 7) is 11.3. The molecule has 1 aliphatic rings. The fourth-order valence-electron chi connectivity index (χ4n) is 2.67. The number of rotatable bonds is 7. The van der Waals surface area contributed by atoms with E-state index in [-0.39, 0.29) is 22.4 Å². The van der Waals surface area contributed by atoms with E-state index in [0.29, 0.717) is 7.92 Å². The van der Waals surface area contributed by atoms with E-state index in [1.807, 2.05) is 0 Å². The van der Waals surface area contributed by atoms with Gasteiger partial charge >= 0.3 is 46.3 Å². The Hall–Kier alpha value is -0.640. The quantitative estimate of drug-likeness (QED) is 0.132. The Balaban J connectivity index is 0. The van der Waals surface area contributed by atoms with Gasteiger partial charge in [-0.3, -0.25) is 19.2 Å². The Morgan fingerprint density at radius 3 is 1.39 bits per heavy atom. The standard InChI is InChI=1S/C13H18O9S.C6H15P.Au/c1-5(14)18-9-10(19-6(2)15)12(21-8(4)17)22-13(23)11(9)20-7(3)16;1-4-7(5-2)6-3;/h9-13,23H,1-4H3;4-6H2,1-3H3;/q;;+1/p-1/t9-,10?,11+,12-,13-;;/m0../s1. The molecule has 1 unspecified atom stereocenters. The van der Waals surface area contributed by atoms with Crippen molar-refractivity contribution in [2.75, 3.05) is 18.5 Å². The van der Waals surface area contributed by atoms with Crippen LogP contribution in [0.15, 0.2) is 0 Å². The molecule has 0 radical (unpaired) electrons. The SMILES string of the molecule is CC(=O)OC1[C@@H](OC(C)=O)O[C@@H]([S-])[C@H](OC(C)=O)[C@H]1OC(C)=O.CCP(CC)CC.[Au+]. The summed E-state index contributed by atoms with van der Waals surface area (Å²) in [4.78, 5) is 45.0. The van der Waals surface area contributed by atoms with Crippen LogP contribution in [0.1, 0.15) is 48.5 Å². The van der Waals surface area contributed by atoms with Gasteiger partial charge in [-0.2, -0.15) is 0 Å². The van der Waals surface area contributed by atoms with Crippen LogP contribution in [-0.4, -0.2) is 72.4 Å². The minimum atomic E-state index is -1.39. The fourth-order valence-corrected chi connectivity index (χ4v) is 4.33. The summed E-state index contributed by atoms with van der Waals surface area (Å²) in [6, 6.07) is 0. The Morgan fingerprint density at radius 1 is 0.710 bits per heavy atom. The van der Waals surface area contributed by atoms with Gasteiger partial charge in [-0.05, 0) is 23.9 Å². The third-order valence-corrected chi connectivity index (χ3v) is 7.04. The molecule has 9 nitrogen and oxygen atoms in total. The molecule has 31 heavy (non-hydrogen) atoms. The van der Waals surface area contributed by atoms with Crippen molar-refractivity contribution in [1.82, 2.24) is 0 Å². The minimum Gasteiger partial charge on any atom is -0.757 e. The number of carbonyl (C=O) groups is 4. The molecule has 0 aliphatic carbocycles. The Morgan fingerprint density at radius 2 is 1.06 bits per heavy atom. The second-order valence-electron chi connectivity index (χ2n) is 6.32. The average molecular weight is 664 g/mol. The molecule has 0 spiro atoms. The van der Waals surface area contributed by atoms with E-state index in [1.54, 1.807) is 0 Å². The fraction of sp³-hybridized carbons (Fsp3) is 0.789. The molecular weight excluding hydrogens is 632 g/mol. The third kappa shape index (κ3) is 12.8. The first-order chi connectivity index (χ1) is 14.0. The number of esters is 4. The van der Waals surface area contributed by atoms with Gasteiger partial charge in [0.05, 0.1) is 0 Å². The number of hydrogen-bond acceptors (Lipinski definition) is 10. The second kappa shape index (κ2) is 16.9. The first-order valence-electron chi connectivity index (χ1n) is 9.69. The summed E-state index contributed by atoms with van der Waals surface area (Å²) in [5.74, 6) is -2.88. The number of hydrogen-bond donors (Lipinski definition) is 0. The zero-order valence-electron chi connectivity index (χ0n) is 18.8. The Bertz CT molecular complexity index is 583. The smallest absolute Gasteiger partial charge is 0.757 e. The molecule has 0 amide bonds. The van der Waals surface area contributed by atoms with E-state index in [4.69, 9.17) is 36.3 Å². The summed E-state index contributed by atoms with van der Waals surface area (Å²) < 4.78 is 25.3. The predicted octanol–water partition coefficient (Wildman–Crippen LogP) is 2.10. The molecule has 184 valence electrons. The van der Waals surface area contributed by atoms with E-state index in [0.717, 1.165) is 27.7 Å². The average Bonchev–Trinajstić information content (AvgIpc) is 2.62. The molecule has 0 aromatic heterocycles. The molecule has 1 fully saturated rings. The molecule has 5 atom stereocenters. The second-order valence-corrected chi connectivity index (χ2v) is 10.0. The summed E-state index contributed by atoms with van der Waals surface area (Å²) >= 11 is 5.03. The van der Waals surface area contributed by atoms with E-state index >= 15 is 0 Å². The summed E-state index contributed by atoms with van der Waals surface area (Å²) in [5, 5.41) is 0. The molecule has 0 N–H and O–H groups in total. The van der Waals surface area contributed by atoms with E-state index in [1.165, 1.54) is 18.5 Å². The van der Waals surface area contributed by atoms with Crippen LogP contribution < -0.4 is 0 Å². The monoisotopic (exact) mass is 664 g/mol. The van der Waals surface area contributed by atoms with Crippen molar-refractivity contribution in [2.24, 2.45) is 0 Å². The summed E-state index contributed by atoms with van der Waals surface area (Å²) in [7, 11) is 0.446. The third-order valence-electron chi connectivity index (χ3n) is 3.98. The summed E-state index contributed by atoms with van der Waals surface area (Å²) in [5.41, 5.74) is -1.18. The van der Waals surface area contributed by atoms with E-state index in [2.05, 4.69) is 20.8 Å². The maximum absolute atomic E-state index is 11.3. The van der Waals surface area contributed by atoms with Crippen LogP contribution in [0.2, 0.25) is 0 Å². The predicted molar refractivity (Wildman–Crippen MR) is 113 cm³/mol. The van der Waals surface area contributed by atoms with Gasteiger partial charge in [-0.1, -0.05) is 20.8 Å². The van der Waals surface area contributed by atoms with Crippen LogP contribution in [0.5, 0.6) is 0 Å². The van der Waals surface area contributed by atoms with Gasteiger partial charge in [0.1, 0.15) is 6.10 Å². The Kier molecular flexibility index (Phi) is 17.8. The summed E-state index contributed by atoms with van der Waals surface area (Å²) in [6.07, 6.45) is -0.949. The molecule has 1 saturated heterocycles. The van der Waals surface area contributed by atoms with Gasteiger partial charge in [0.15, 0.2) is 6.10 Å². The molecule has 1 aliphatic heterocycles. The normalized spacial score (nSPS) is 24.6. The van der Waals surface area contributed by atoms with Gasteiger partial charge in [0.25, 0.3) is 0 Å². The largest absolute Gasteiger partial charge is 1.00 e. The van der Waals surface area contributed by atoms with Crippen molar-refractivity contribution in [1.29, 1.82) is 0 Å². The van der Waals surface area contributed by atoms with Crippen molar-refractivity contribution < 1.29 is 65.2 Å².